The summed E-state index contributed by atoms with van der Waals surface area (Å²) in [6.07, 6.45) is 6.75. The second-order valence-electron chi connectivity index (χ2n) is 4.25. The summed E-state index contributed by atoms with van der Waals surface area (Å²) in [5.74, 6) is 1.25. The minimum atomic E-state index is -0.279. The van der Waals surface area contributed by atoms with E-state index in [1.54, 1.807) is 4.90 Å². The average molecular weight is 245 g/mol. The number of urea groups is 1. The number of nitrogens with zero attached hydrogens (tertiary/aromatic N) is 1. The van der Waals surface area contributed by atoms with Crippen molar-refractivity contribution in [3.8, 4) is 0 Å². The molecule has 1 saturated heterocycles. The third-order valence-electron chi connectivity index (χ3n) is 3.01. The zero-order valence-corrected chi connectivity index (χ0v) is 10.9. The van der Waals surface area contributed by atoms with Gasteiger partial charge in [0.05, 0.1) is 0 Å². The van der Waals surface area contributed by atoms with E-state index >= 15 is 0 Å². The number of nitrogens with two attached hydrogens (primary N) is 1. The number of carbonyl (C=O) groups is 1. The third-order valence-corrected chi connectivity index (χ3v) is 3.71. The summed E-state index contributed by atoms with van der Waals surface area (Å²) >= 11 is 1.91. The topological polar surface area (TPSA) is 58.4 Å². The molecule has 0 bridgehead atoms. The third kappa shape index (κ3) is 5.07. The van der Waals surface area contributed by atoms with Crippen LogP contribution < -0.4 is 11.1 Å². The zero-order valence-electron chi connectivity index (χ0n) is 10.1. The quantitative estimate of drug-likeness (QED) is 0.693. The van der Waals surface area contributed by atoms with Crippen LogP contribution in [0.25, 0.3) is 0 Å². The predicted molar refractivity (Wildman–Crippen MR) is 69.8 cm³/mol. The van der Waals surface area contributed by atoms with E-state index in [0.29, 0.717) is 6.04 Å². The summed E-state index contributed by atoms with van der Waals surface area (Å²) in [6.45, 7) is 2.71. The molecule has 0 unspecified atom stereocenters. The Morgan fingerprint density at radius 3 is 2.69 bits per heavy atom. The molecule has 1 rings (SSSR count). The van der Waals surface area contributed by atoms with Crippen molar-refractivity contribution in [3.63, 3.8) is 0 Å². The monoisotopic (exact) mass is 245 g/mol. The van der Waals surface area contributed by atoms with Gasteiger partial charge in [0.15, 0.2) is 0 Å². The Morgan fingerprint density at radius 1 is 1.44 bits per heavy atom. The van der Waals surface area contributed by atoms with E-state index in [9.17, 15) is 4.79 Å². The van der Waals surface area contributed by atoms with Gasteiger partial charge in [-0.05, 0) is 44.2 Å². The van der Waals surface area contributed by atoms with Crippen molar-refractivity contribution in [1.82, 2.24) is 10.2 Å². The van der Waals surface area contributed by atoms with E-state index in [0.717, 1.165) is 32.5 Å². The molecule has 2 amide bonds. The van der Waals surface area contributed by atoms with Crippen LogP contribution in [0.15, 0.2) is 0 Å². The van der Waals surface area contributed by atoms with Gasteiger partial charge < -0.3 is 16.0 Å². The first-order chi connectivity index (χ1) is 7.74. The van der Waals surface area contributed by atoms with Gasteiger partial charge in [0.1, 0.15) is 0 Å². The number of unbranched alkanes of at least 4 members (excludes halogenated alkanes) is 1. The van der Waals surface area contributed by atoms with E-state index in [4.69, 9.17) is 5.73 Å². The summed E-state index contributed by atoms with van der Waals surface area (Å²) in [4.78, 5) is 12.6. The van der Waals surface area contributed by atoms with Gasteiger partial charge in [-0.3, -0.25) is 0 Å². The van der Waals surface area contributed by atoms with Crippen molar-refractivity contribution in [2.24, 2.45) is 5.73 Å². The Morgan fingerprint density at radius 2 is 2.12 bits per heavy atom. The molecule has 1 heterocycles. The van der Waals surface area contributed by atoms with E-state index in [2.05, 4.69) is 11.6 Å². The van der Waals surface area contributed by atoms with Crippen LogP contribution in [0.3, 0.4) is 0 Å². The Balaban J connectivity index is 2.02. The standard InChI is InChI=1S/C11H23N3OS/c1-16-9-3-2-6-13-10-4-7-14(8-5-10)11(12)15/h10,13H,2-9H2,1H3,(H2,12,15). The summed E-state index contributed by atoms with van der Waals surface area (Å²) in [5, 5.41) is 3.55. The number of primary amides is 1. The van der Waals surface area contributed by atoms with Gasteiger partial charge in [0, 0.05) is 19.1 Å². The van der Waals surface area contributed by atoms with Crippen LogP contribution >= 0.6 is 11.8 Å². The highest BCUT2D eigenvalue weighted by molar-refractivity contribution is 7.98. The number of hydrogen-bond acceptors (Lipinski definition) is 3. The highest BCUT2D eigenvalue weighted by atomic mass is 32.2. The Bertz CT molecular complexity index is 205. The molecule has 0 atom stereocenters. The second kappa shape index (κ2) is 7.79. The fourth-order valence-corrected chi connectivity index (χ4v) is 2.47. The maximum Gasteiger partial charge on any atom is 0.314 e. The van der Waals surface area contributed by atoms with E-state index in [1.807, 2.05) is 11.8 Å². The molecule has 0 aromatic rings. The van der Waals surface area contributed by atoms with Crippen LogP contribution in [0.1, 0.15) is 25.7 Å². The van der Waals surface area contributed by atoms with Crippen LogP contribution in [0, 0.1) is 0 Å². The molecule has 0 saturated carbocycles. The minimum absolute atomic E-state index is 0.279. The molecule has 0 aromatic carbocycles. The maximum atomic E-state index is 10.9. The van der Waals surface area contributed by atoms with Crippen molar-refractivity contribution in [2.75, 3.05) is 31.6 Å². The maximum absolute atomic E-state index is 10.9. The lowest BCUT2D eigenvalue weighted by atomic mass is 10.1. The molecule has 5 heteroatoms. The van der Waals surface area contributed by atoms with Gasteiger partial charge in [-0.25, -0.2) is 4.79 Å². The molecule has 94 valence electrons. The van der Waals surface area contributed by atoms with Crippen LogP contribution in [-0.2, 0) is 0 Å². The Hall–Kier alpha value is -0.420. The highest BCUT2D eigenvalue weighted by Gasteiger charge is 2.20. The molecule has 0 aromatic heterocycles. The lowest BCUT2D eigenvalue weighted by Gasteiger charge is -2.31. The largest absolute Gasteiger partial charge is 0.351 e. The first-order valence-electron chi connectivity index (χ1n) is 6.00. The lowest BCUT2D eigenvalue weighted by Crippen LogP contribution is -2.46. The van der Waals surface area contributed by atoms with Gasteiger partial charge in [0.2, 0.25) is 0 Å². The molecule has 1 aliphatic heterocycles. The van der Waals surface area contributed by atoms with Gasteiger partial charge in [-0.15, -0.1) is 0 Å². The SMILES string of the molecule is CSCCCCNC1CCN(C(N)=O)CC1. The van der Waals surface area contributed by atoms with Crippen molar-refractivity contribution in [2.45, 2.75) is 31.7 Å². The van der Waals surface area contributed by atoms with Crippen LogP contribution in [0.5, 0.6) is 0 Å². The number of piperidine rings is 1. The number of thioether (sulfide) groups is 1. The smallest absolute Gasteiger partial charge is 0.314 e. The fraction of sp³-hybridized carbons (Fsp3) is 0.909. The number of rotatable bonds is 6. The van der Waals surface area contributed by atoms with Crippen molar-refractivity contribution < 1.29 is 4.79 Å². The summed E-state index contributed by atoms with van der Waals surface area (Å²) in [6, 6.07) is 0.295. The first-order valence-corrected chi connectivity index (χ1v) is 7.40. The fourth-order valence-electron chi connectivity index (χ4n) is 1.98. The number of hydrogen-bond donors (Lipinski definition) is 2. The van der Waals surface area contributed by atoms with Gasteiger partial charge in [0.25, 0.3) is 0 Å². The molecular weight excluding hydrogens is 222 g/mol. The molecule has 3 N–H and O–H groups in total. The summed E-state index contributed by atoms with van der Waals surface area (Å²) < 4.78 is 0. The molecule has 0 aliphatic carbocycles. The van der Waals surface area contributed by atoms with Crippen molar-refractivity contribution in [3.05, 3.63) is 0 Å². The van der Waals surface area contributed by atoms with Crippen molar-refractivity contribution in [1.29, 1.82) is 0 Å². The molecule has 0 spiro atoms. The summed E-state index contributed by atoms with van der Waals surface area (Å²) in [7, 11) is 0. The number of likely N-dealkylation sites (tertiary alicyclic amines) is 1. The first kappa shape index (κ1) is 13.6. The van der Waals surface area contributed by atoms with Gasteiger partial charge in [-0.1, -0.05) is 0 Å². The van der Waals surface area contributed by atoms with E-state index in [-0.39, 0.29) is 6.03 Å². The second-order valence-corrected chi connectivity index (χ2v) is 5.24. The zero-order chi connectivity index (χ0) is 11.8. The number of carbonyl (C=O) groups excluding carboxylic acids is 1. The van der Waals surface area contributed by atoms with Crippen LogP contribution in [0.2, 0.25) is 0 Å². The summed E-state index contributed by atoms with van der Waals surface area (Å²) in [5.41, 5.74) is 5.23. The predicted octanol–water partition coefficient (Wildman–Crippen LogP) is 1.26. The molecule has 1 aliphatic rings. The molecule has 4 nitrogen and oxygen atoms in total. The normalized spacial score (nSPS) is 17.7. The van der Waals surface area contributed by atoms with E-state index < -0.39 is 0 Å². The number of nitrogens with one attached hydrogen (secondary N) is 1. The van der Waals surface area contributed by atoms with Crippen LogP contribution in [0.4, 0.5) is 4.79 Å². The average Bonchev–Trinajstić information content (AvgIpc) is 2.29. The van der Waals surface area contributed by atoms with Gasteiger partial charge >= 0.3 is 6.03 Å². The molecule has 1 fully saturated rings. The van der Waals surface area contributed by atoms with Crippen molar-refractivity contribution >= 4 is 17.8 Å². The van der Waals surface area contributed by atoms with E-state index in [1.165, 1.54) is 18.6 Å². The molecule has 16 heavy (non-hydrogen) atoms. The van der Waals surface area contributed by atoms with Crippen LogP contribution in [-0.4, -0.2) is 48.6 Å². The highest BCUT2D eigenvalue weighted by Crippen LogP contribution is 2.10. The number of amides is 2. The Kier molecular flexibility index (Phi) is 6.64. The molecular formula is C11H23N3OS. The lowest BCUT2D eigenvalue weighted by molar-refractivity contribution is 0.185. The molecule has 0 radical (unpaired) electrons. The van der Waals surface area contributed by atoms with Gasteiger partial charge in [-0.2, -0.15) is 11.8 Å². The Labute approximate surface area is 102 Å². The minimum Gasteiger partial charge on any atom is -0.351 e.